The predicted octanol–water partition coefficient (Wildman–Crippen LogP) is 1.92. The van der Waals surface area contributed by atoms with E-state index in [1.54, 1.807) is 0 Å². The van der Waals surface area contributed by atoms with E-state index in [0.717, 1.165) is 17.0 Å². The number of hydrogen-bond donors (Lipinski definition) is 3. The van der Waals surface area contributed by atoms with Crippen LogP contribution in [-0.2, 0) is 6.54 Å². The first kappa shape index (κ1) is 13.8. The Labute approximate surface area is 117 Å². The van der Waals surface area contributed by atoms with Crippen molar-refractivity contribution >= 4 is 12.0 Å². The average molecular weight is 271 g/mol. The fourth-order valence-electron chi connectivity index (χ4n) is 1.72. The van der Waals surface area contributed by atoms with Crippen molar-refractivity contribution in [2.75, 3.05) is 5.43 Å². The number of nitrogens with one attached hydrogen (secondary N) is 3. The Bertz CT molecular complexity index is 565. The Morgan fingerprint density at radius 2 is 1.75 bits per heavy atom. The van der Waals surface area contributed by atoms with Crippen LogP contribution >= 0.6 is 0 Å². The quantitative estimate of drug-likeness (QED) is 0.742. The summed E-state index contributed by atoms with van der Waals surface area (Å²) < 4.78 is 0. The maximum Gasteiger partial charge on any atom is 0.333 e. The number of carbonyl (C=O) groups is 1. The Kier molecular flexibility index (Phi) is 4.49. The normalized spacial score (nSPS) is 9.90. The van der Waals surface area contributed by atoms with Gasteiger partial charge in [-0.05, 0) is 25.5 Å². The number of aromatic nitrogens is 2. The Balaban J connectivity index is 1.80. The standard InChI is InChI=1S/C14H17N5O/c1-10-8-11(2)17-13(16-10)18-19-14(20)15-9-12-6-4-3-5-7-12/h3-8H,9H2,1-2H3,(H2,15,19,20)(H,16,17,18). The van der Waals surface area contributed by atoms with Crippen LogP contribution in [0.1, 0.15) is 17.0 Å². The largest absolute Gasteiger partial charge is 0.333 e. The molecule has 0 saturated heterocycles. The van der Waals surface area contributed by atoms with Gasteiger partial charge in [-0.25, -0.2) is 20.2 Å². The van der Waals surface area contributed by atoms with E-state index in [0.29, 0.717) is 12.5 Å². The van der Waals surface area contributed by atoms with Gasteiger partial charge >= 0.3 is 6.03 Å². The molecule has 0 unspecified atom stereocenters. The average Bonchev–Trinajstić information content (AvgIpc) is 2.43. The second-order valence-electron chi connectivity index (χ2n) is 4.39. The molecular weight excluding hydrogens is 254 g/mol. The minimum atomic E-state index is -0.336. The predicted molar refractivity (Wildman–Crippen MR) is 76.9 cm³/mol. The van der Waals surface area contributed by atoms with Crippen LogP contribution in [0.5, 0.6) is 0 Å². The van der Waals surface area contributed by atoms with Gasteiger partial charge in [0.25, 0.3) is 0 Å². The lowest BCUT2D eigenvalue weighted by Gasteiger charge is -2.09. The molecule has 0 spiro atoms. The molecule has 2 rings (SSSR count). The molecule has 0 aliphatic heterocycles. The summed E-state index contributed by atoms with van der Waals surface area (Å²) in [5.41, 5.74) is 7.89. The summed E-state index contributed by atoms with van der Waals surface area (Å²) in [6.45, 7) is 4.20. The number of amides is 2. The summed E-state index contributed by atoms with van der Waals surface area (Å²) in [6.07, 6.45) is 0. The molecular formula is C14H17N5O. The lowest BCUT2D eigenvalue weighted by Crippen LogP contribution is -2.39. The first-order valence-electron chi connectivity index (χ1n) is 6.29. The van der Waals surface area contributed by atoms with Crippen LogP contribution < -0.4 is 16.2 Å². The van der Waals surface area contributed by atoms with E-state index in [1.165, 1.54) is 0 Å². The monoisotopic (exact) mass is 271 g/mol. The van der Waals surface area contributed by atoms with Crippen LogP contribution in [-0.4, -0.2) is 16.0 Å². The van der Waals surface area contributed by atoms with Crippen LogP contribution in [0.25, 0.3) is 0 Å². The lowest BCUT2D eigenvalue weighted by atomic mass is 10.2. The van der Waals surface area contributed by atoms with E-state index < -0.39 is 0 Å². The highest BCUT2D eigenvalue weighted by Crippen LogP contribution is 2.02. The molecule has 2 aromatic rings. The second-order valence-corrected chi connectivity index (χ2v) is 4.39. The van der Waals surface area contributed by atoms with Crippen molar-refractivity contribution in [1.82, 2.24) is 20.7 Å². The fourth-order valence-corrected chi connectivity index (χ4v) is 1.72. The van der Waals surface area contributed by atoms with Gasteiger partial charge in [0.2, 0.25) is 5.95 Å². The number of carbonyl (C=O) groups excluding carboxylic acids is 1. The molecule has 1 aromatic carbocycles. The molecule has 0 aliphatic rings. The van der Waals surface area contributed by atoms with E-state index >= 15 is 0 Å². The molecule has 0 radical (unpaired) electrons. The highest BCUT2D eigenvalue weighted by Gasteiger charge is 2.02. The number of rotatable bonds is 4. The fraction of sp³-hybridized carbons (Fsp3) is 0.214. The highest BCUT2D eigenvalue weighted by atomic mass is 16.2. The summed E-state index contributed by atoms with van der Waals surface area (Å²) >= 11 is 0. The van der Waals surface area contributed by atoms with Crippen LogP contribution in [0.15, 0.2) is 36.4 Å². The Hall–Kier alpha value is -2.63. The van der Waals surface area contributed by atoms with Crippen molar-refractivity contribution in [3.8, 4) is 0 Å². The zero-order valence-electron chi connectivity index (χ0n) is 11.5. The van der Waals surface area contributed by atoms with Crippen molar-refractivity contribution in [1.29, 1.82) is 0 Å². The molecule has 20 heavy (non-hydrogen) atoms. The summed E-state index contributed by atoms with van der Waals surface area (Å²) in [7, 11) is 0. The summed E-state index contributed by atoms with van der Waals surface area (Å²) in [5.74, 6) is 0.373. The SMILES string of the molecule is Cc1cc(C)nc(NNC(=O)NCc2ccccc2)n1. The van der Waals surface area contributed by atoms with Gasteiger partial charge in [0.15, 0.2) is 0 Å². The number of urea groups is 1. The van der Waals surface area contributed by atoms with Gasteiger partial charge in [0.05, 0.1) is 0 Å². The van der Waals surface area contributed by atoms with Crippen molar-refractivity contribution in [2.24, 2.45) is 0 Å². The maximum absolute atomic E-state index is 11.6. The molecule has 6 heteroatoms. The van der Waals surface area contributed by atoms with Crippen LogP contribution in [0.4, 0.5) is 10.7 Å². The van der Waals surface area contributed by atoms with Gasteiger partial charge in [-0.1, -0.05) is 30.3 Å². The van der Waals surface area contributed by atoms with Crippen molar-refractivity contribution in [2.45, 2.75) is 20.4 Å². The molecule has 6 nitrogen and oxygen atoms in total. The van der Waals surface area contributed by atoms with Crippen molar-refractivity contribution in [3.05, 3.63) is 53.3 Å². The summed E-state index contributed by atoms with van der Waals surface area (Å²) in [5, 5.41) is 2.73. The lowest BCUT2D eigenvalue weighted by molar-refractivity contribution is 0.242. The number of hydrogen-bond acceptors (Lipinski definition) is 4. The highest BCUT2D eigenvalue weighted by molar-refractivity contribution is 5.74. The molecule has 3 N–H and O–H groups in total. The third kappa shape index (κ3) is 4.24. The second kappa shape index (κ2) is 6.51. The molecule has 2 amide bonds. The van der Waals surface area contributed by atoms with Gasteiger partial charge < -0.3 is 5.32 Å². The summed E-state index contributed by atoms with van der Waals surface area (Å²) in [6, 6.07) is 11.2. The first-order valence-corrected chi connectivity index (χ1v) is 6.29. The van der Waals surface area contributed by atoms with E-state index in [9.17, 15) is 4.79 Å². The van der Waals surface area contributed by atoms with Gasteiger partial charge in [-0.2, -0.15) is 0 Å². The first-order chi connectivity index (χ1) is 9.63. The van der Waals surface area contributed by atoms with Gasteiger partial charge in [0, 0.05) is 17.9 Å². The zero-order valence-corrected chi connectivity index (χ0v) is 11.5. The van der Waals surface area contributed by atoms with Crippen LogP contribution in [0.3, 0.4) is 0 Å². The van der Waals surface area contributed by atoms with Gasteiger partial charge in [0.1, 0.15) is 0 Å². The zero-order chi connectivity index (χ0) is 14.4. The Morgan fingerprint density at radius 3 is 2.40 bits per heavy atom. The third-order valence-electron chi connectivity index (χ3n) is 2.57. The van der Waals surface area contributed by atoms with E-state index in [1.807, 2.05) is 50.2 Å². The van der Waals surface area contributed by atoms with Gasteiger partial charge in [-0.3, -0.25) is 5.43 Å². The van der Waals surface area contributed by atoms with E-state index in [-0.39, 0.29) is 6.03 Å². The number of anilines is 1. The molecule has 104 valence electrons. The summed E-state index contributed by atoms with van der Waals surface area (Å²) in [4.78, 5) is 19.9. The number of benzene rings is 1. The topological polar surface area (TPSA) is 78.9 Å². The molecule has 0 saturated carbocycles. The van der Waals surface area contributed by atoms with E-state index in [2.05, 4.69) is 26.1 Å². The molecule has 0 bridgehead atoms. The van der Waals surface area contributed by atoms with Crippen molar-refractivity contribution in [3.63, 3.8) is 0 Å². The number of nitrogens with zero attached hydrogens (tertiary/aromatic N) is 2. The van der Waals surface area contributed by atoms with E-state index in [4.69, 9.17) is 0 Å². The Morgan fingerprint density at radius 1 is 1.10 bits per heavy atom. The van der Waals surface area contributed by atoms with Crippen LogP contribution in [0.2, 0.25) is 0 Å². The van der Waals surface area contributed by atoms with Crippen LogP contribution in [0, 0.1) is 13.8 Å². The molecule has 0 fully saturated rings. The number of aryl methyl sites for hydroxylation is 2. The smallest absolute Gasteiger partial charge is 0.333 e. The minimum Gasteiger partial charge on any atom is -0.333 e. The third-order valence-corrected chi connectivity index (χ3v) is 2.57. The van der Waals surface area contributed by atoms with Gasteiger partial charge in [-0.15, -0.1) is 0 Å². The maximum atomic E-state index is 11.6. The molecule has 0 aliphatic carbocycles. The van der Waals surface area contributed by atoms with Crippen molar-refractivity contribution < 1.29 is 4.79 Å². The number of hydrazine groups is 1. The molecule has 1 aromatic heterocycles. The molecule has 0 atom stereocenters. The minimum absolute atomic E-state index is 0.336. The molecule has 1 heterocycles.